The van der Waals surface area contributed by atoms with Crippen molar-refractivity contribution in [2.75, 3.05) is 13.1 Å². The Morgan fingerprint density at radius 1 is 0.967 bits per heavy atom. The van der Waals surface area contributed by atoms with Gasteiger partial charge in [-0.2, -0.15) is 0 Å². The number of benzene rings is 2. The van der Waals surface area contributed by atoms with Crippen molar-refractivity contribution in [3.8, 4) is 5.75 Å². The molecule has 4 rings (SSSR count). The lowest BCUT2D eigenvalue weighted by molar-refractivity contribution is 0.0792. The first-order chi connectivity index (χ1) is 14.7. The highest BCUT2D eigenvalue weighted by atomic mass is 32.1. The topological polar surface area (TPSA) is 58.6 Å². The molecule has 3 aromatic rings. The van der Waals surface area contributed by atoms with Crippen LogP contribution >= 0.6 is 11.3 Å². The zero-order chi connectivity index (χ0) is 20.8. The van der Waals surface area contributed by atoms with Crippen LogP contribution in [0.1, 0.15) is 44.0 Å². The molecule has 30 heavy (non-hydrogen) atoms. The Morgan fingerprint density at radius 3 is 2.50 bits per heavy atom. The van der Waals surface area contributed by atoms with Crippen LogP contribution in [0, 0.1) is 0 Å². The van der Waals surface area contributed by atoms with E-state index in [-0.39, 0.29) is 11.8 Å². The molecule has 1 aromatic heterocycles. The molecule has 1 fully saturated rings. The summed E-state index contributed by atoms with van der Waals surface area (Å²) in [4.78, 5) is 28.0. The van der Waals surface area contributed by atoms with E-state index in [1.807, 2.05) is 58.8 Å². The van der Waals surface area contributed by atoms with Crippen molar-refractivity contribution in [2.45, 2.75) is 26.0 Å². The Hall–Kier alpha value is -3.12. The van der Waals surface area contributed by atoms with E-state index in [0.717, 1.165) is 36.4 Å². The summed E-state index contributed by atoms with van der Waals surface area (Å²) in [6.07, 6.45) is 2.16. The lowest BCUT2D eigenvalue weighted by atomic mass is 10.1. The molecule has 0 radical (unpaired) electrons. The summed E-state index contributed by atoms with van der Waals surface area (Å²) in [6.45, 7) is 2.57. The third-order valence-electron chi connectivity index (χ3n) is 5.10. The van der Waals surface area contributed by atoms with Crippen LogP contribution in [0.4, 0.5) is 0 Å². The number of carbonyl (C=O) groups excluding carboxylic acids is 2. The highest BCUT2D eigenvalue weighted by Crippen LogP contribution is 2.18. The fourth-order valence-electron chi connectivity index (χ4n) is 3.43. The first-order valence-electron chi connectivity index (χ1n) is 10.1. The normalized spacial score (nSPS) is 13.3. The van der Waals surface area contributed by atoms with Crippen LogP contribution in [0.2, 0.25) is 0 Å². The zero-order valence-electron chi connectivity index (χ0n) is 16.7. The molecule has 2 aromatic carbocycles. The van der Waals surface area contributed by atoms with Crippen LogP contribution in [0.5, 0.6) is 5.75 Å². The quantitative estimate of drug-likeness (QED) is 0.613. The van der Waals surface area contributed by atoms with Gasteiger partial charge in [0.15, 0.2) is 0 Å². The number of hydrogen-bond acceptors (Lipinski definition) is 4. The Bertz CT molecular complexity index is 994. The summed E-state index contributed by atoms with van der Waals surface area (Å²) in [5.74, 6) is 0.595. The van der Waals surface area contributed by atoms with Crippen molar-refractivity contribution >= 4 is 23.2 Å². The van der Waals surface area contributed by atoms with Gasteiger partial charge < -0.3 is 15.0 Å². The molecule has 2 amide bonds. The second-order valence-electron chi connectivity index (χ2n) is 7.27. The Morgan fingerprint density at radius 2 is 1.77 bits per heavy atom. The van der Waals surface area contributed by atoms with Gasteiger partial charge in [-0.15, -0.1) is 11.3 Å². The van der Waals surface area contributed by atoms with Crippen molar-refractivity contribution in [1.29, 1.82) is 0 Å². The van der Waals surface area contributed by atoms with Crippen molar-refractivity contribution in [2.24, 2.45) is 0 Å². The van der Waals surface area contributed by atoms with Gasteiger partial charge in [0.25, 0.3) is 11.8 Å². The fourth-order valence-corrected chi connectivity index (χ4v) is 4.04. The lowest BCUT2D eigenvalue weighted by Gasteiger charge is -2.15. The van der Waals surface area contributed by atoms with E-state index in [9.17, 15) is 9.59 Å². The SMILES string of the molecule is O=C(NCc1ccc(C(=O)N2CCCC2)cc1)c1cccc(OCc2cccs2)c1. The zero-order valence-corrected chi connectivity index (χ0v) is 17.5. The maximum absolute atomic E-state index is 12.5. The minimum absolute atomic E-state index is 0.0856. The third-order valence-corrected chi connectivity index (χ3v) is 5.95. The lowest BCUT2D eigenvalue weighted by Crippen LogP contribution is -2.27. The van der Waals surface area contributed by atoms with E-state index >= 15 is 0 Å². The molecule has 6 heteroatoms. The summed E-state index contributed by atoms with van der Waals surface area (Å²) >= 11 is 1.64. The maximum Gasteiger partial charge on any atom is 0.253 e. The third kappa shape index (κ3) is 5.07. The molecule has 0 spiro atoms. The van der Waals surface area contributed by atoms with Gasteiger partial charge in [-0.3, -0.25) is 9.59 Å². The molecule has 154 valence electrons. The minimum atomic E-state index is -0.159. The van der Waals surface area contributed by atoms with E-state index in [4.69, 9.17) is 4.74 Å². The molecular weight excluding hydrogens is 396 g/mol. The van der Waals surface area contributed by atoms with Gasteiger partial charge in [-0.25, -0.2) is 0 Å². The van der Waals surface area contributed by atoms with Crippen molar-refractivity contribution in [3.05, 3.63) is 87.6 Å². The van der Waals surface area contributed by atoms with Crippen LogP contribution in [0.25, 0.3) is 0 Å². The van der Waals surface area contributed by atoms with Gasteiger partial charge in [0.2, 0.25) is 0 Å². The molecule has 0 unspecified atom stereocenters. The van der Waals surface area contributed by atoms with E-state index < -0.39 is 0 Å². The number of nitrogens with zero attached hydrogens (tertiary/aromatic N) is 1. The van der Waals surface area contributed by atoms with Gasteiger partial charge >= 0.3 is 0 Å². The van der Waals surface area contributed by atoms with Crippen LogP contribution in [-0.2, 0) is 13.2 Å². The standard InChI is InChI=1S/C24H24N2O3S/c27-23(20-5-3-6-21(15-20)29-17-22-7-4-14-30-22)25-16-18-8-10-19(11-9-18)24(28)26-12-1-2-13-26/h3-11,14-15H,1-2,12-13,16-17H2,(H,25,27). The van der Waals surface area contributed by atoms with Crippen molar-refractivity contribution < 1.29 is 14.3 Å². The van der Waals surface area contributed by atoms with Gasteiger partial charge in [0.05, 0.1) is 0 Å². The molecule has 1 aliphatic rings. The monoisotopic (exact) mass is 420 g/mol. The van der Waals surface area contributed by atoms with Crippen LogP contribution in [0.3, 0.4) is 0 Å². The fraction of sp³-hybridized carbons (Fsp3) is 0.250. The second-order valence-corrected chi connectivity index (χ2v) is 8.31. The van der Waals surface area contributed by atoms with Crippen molar-refractivity contribution in [3.63, 3.8) is 0 Å². The van der Waals surface area contributed by atoms with Crippen molar-refractivity contribution in [1.82, 2.24) is 10.2 Å². The first kappa shape index (κ1) is 20.2. The van der Waals surface area contributed by atoms with E-state index in [1.54, 1.807) is 23.5 Å². The Kier molecular flexibility index (Phi) is 6.44. The van der Waals surface area contributed by atoms with Gasteiger partial charge in [0.1, 0.15) is 12.4 Å². The number of hydrogen-bond donors (Lipinski definition) is 1. The summed E-state index contributed by atoms with van der Waals surface area (Å²) in [5, 5.41) is 4.94. The number of likely N-dealkylation sites (tertiary alicyclic amines) is 1. The molecular formula is C24H24N2O3S. The molecule has 1 aliphatic heterocycles. The molecule has 0 bridgehead atoms. The largest absolute Gasteiger partial charge is 0.488 e. The summed E-state index contributed by atoms with van der Waals surface area (Å²) < 4.78 is 5.78. The van der Waals surface area contributed by atoms with E-state index in [2.05, 4.69) is 5.32 Å². The minimum Gasteiger partial charge on any atom is -0.488 e. The average molecular weight is 421 g/mol. The average Bonchev–Trinajstić information content (AvgIpc) is 3.50. The molecule has 1 N–H and O–H groups in total. The smallest absolute Gasteiger partial charge is 0.253 e. The van der Waals surface area contributed by atoms with E-state index in [1.165, 1.54) is 0 Å². The number of thiophene rings is 1. The molecule has 0 aliphatic carbocycles. The number of nitrogens with one attached hydrogen (secondary N) is 1. The molecule has 2 heterocycles. The predicted octanol–water partition coefficient (Wildman–Crippen LogP) is 4.49. The second kappa shape index (κ2) is 9.59. The van der Waals surface area contributed by atoms with Crippen LogP contribution in [0.15, 0.2) is 66.0 Å². The highest BCUT2D eigenvalue weighted by molar-refractivity contribution is 7.09. The predicted molar refractivity (Wildman–Crippen MR) is 118 cm³/mol. The molecule has 0 saturated carbocycles. The number of amides is 2. The van der Waals surface area contributed by atoms with Gasteiger partial charge in [0, 0.05) is 35.6 Å². The number of ether oxygens (including phenoxy) is 1. The first-order valence-corrected chi connectivity index (χ1v) is 11.0. The Balaban J connectivity index is 1.30. The van der Waals surface area contributed by atoms with Gasteiger partial charge in [-0.05, 0) is 60.2 Å². The molecule has 1 saturated heterocycles. The van der Waals surface area contributed by atoms with Crippen LogP contribution in [-0.4, -0.2) is 29.8 Å². The maximum atomic E-state index is 12.5. The van der Waals surface area contributed by atoms with E-state index in [0.29, 0.717) is 30.0 Å². The molecule has 5 nitrogen and oxygen atoms in total. The highest BCUT2D eigenvalue weighted by Gasteiger charge is 2.19. The summed E-state index contributed by atoms with van der Waals surface area (Å²) in [7, 11) is 0. The summed E-state index contributed by atoms with van der Waals surface area (Å²) in [5.41, 5.74) is 2.20. The summed E-state index contributed by atoms with van der Waals surface area (Å²) in [6, 6.07) is 18.6. The number of rotatable bonds is 7. The van der Waals surface area contributed by atoms with Gasteiger partial charge in [-0.1, -0.05) is 24.3 Å². The van der Waals surface area contributed by atoms with Crippen LogP contribution < -0.4 is 10.1 Å². The molecule has 0 atom stereocenters. The number of carbonyl (C=O) groups is 2. The Labute approximate surface area is 180 Å².